The number of anilines is 1. The first-order valence-electron chi connectivity index (χ1n) is 12.0. The minimum atomic E-state index is -0.795. The first-order chi connectivity index (χ1) is 16.6. The summed E-state index contributed by atoms with van der Waals surface area (Å²) in [7, 11) is 1.61. The van der Waals surface area contributed by atoms with E-state index in [1.54, 1.807) is 23.3 Å². The summed E-state index contributed by atoms with van der Waals surface area (Å²) in [6.45, 7) is 2.07. The molecule has 1 unspecified atom stereocenters. The molecule has 0 saturated heterocycles. The number of hydrogen-bond donors (Lipinski definition) is 1. The predicted octanol–water partition coefficient (Wildman–Crippen LogP) is 5.69. The van der Waals surface area contributed by atoms with Gasteiger partial charge in [0.1, 0.15) is 11.8 Å². The first kappa shape index (κ1) is 24.0. The SMILES string of the molecule is CCc1ccccc1N(C(=O)Cc1cccs1)C(C(=O)NC1CCCC1)c1cccc(OC)c1. The quantitative estimate of drug-likeness (QED) is 0.431. The number of hydrogen-bond acceptors (Lipinski definition) is 4. The number of rotatable bonds is 9. The predicted molar refractivity (Wildman–Crippen MR) is 137 cm³/mol. The van der Waals surface area contributed by atoms with Crippen LogP contribution < -0.4 is 15.0 Å². The fourth-order valence-corrected chi connectivity index (χ4v) is 5.39. The molecule has 34 heavy (non-hydrogen) atoms. The molecule has 1 atom stereocenters. The number of carbonyl (C=O) groups is 2. The van der Waals surface area contributed by atoms with Crippen molar-refractivity contribution in [2.75, 3.05) is 12.0 Å². The average molecular weight is 477 g/mol. The maximum atomic E-state index is 13.9. The Labute approximate surface area is 205 Å². The molecule has 1 aliphatic carbocycles. The smallest absolute Gasteiger partial charge is 0.248 e. The highest BCUT2D eigenvalue weighted by Gasteiger charge is 2.35. The van der Waals surface area contributed by atoms with Gasteiger partial charge in [-0.25, -0.2) is 0 Å². The molecule has 1 aromatic heterocycles. The van der Waals surface area contributed by atoms with Crippen LogP contribution in [0, 0.1) is 0 Å². The summed E-state index contributed by atoms with van der Waals surface area (Å²) in [5.74, 6) is 0.411. The summed E-state index contributed by atoms with van der Waals surface area (Å²) in [5, 5.41) is 5.22. The molecule has 4 rings (SSSR count). The van der Waals surface area contributed by atoms with Crippen molar-refractivity contribution in [3.05, 3.63) is 82.0 Å². The lowest BCUT2D eigenvalue weighted by atomic mass is 9.99. The number of aryl methyl sites for hydroxylation is 1. The van der Waals surface area contributed by atoms with Crippen LogP contribution >= 0.6 is 11.3 Å². The van der Waals surface area contributed by atoms with Crippen LogP contribution in [0.25, 0.3) is 0 Å². The minimum absolute atomic E-state index is 0.0993. The maximum Gasteiger partial charge on any atom is 0.248 e. The van der Waals surface area contributed by atoms with Crippen LogP contribution in [0.4, 0.5) is 5.69 Å². The second-order valence-corrected chi connectivity index (χ2v) is 9.70. The summed E-state index contributed by atoms with van der Waals surface area (Å²) in [6, 6.07) is 18.6. The molecule has 1 aliphatic rings. The Bertz CT molecular complexity index is 1110. The molecule has 1 heterocycles. The van der Waals surface area contributed by atoms with Crippen LogP contribution in [0.15, 0.2) is 66.0 Å². The molecule has 0 radical (unpaired) electrons. The monoisotopic (exact) mass is 476 g/mol. The lowest BCUT2D eigenvalue weighted by Crippen LogP contribution is -2.47. The number of nitrogens with one attached hydrogen (secondary N) is 1. The second-order valence-electron chi connectivity index (χ2n) is 8.67. The third-order valence-electron chi connectivity index (χ3n) is 6.42. The lowest BCUT2D eigenvalue weighted by molar-refractivity contribution is -0.127. The van der Waals surface area contributed by atoms with Crippen LogP contribution in [0.3, 0.4) is 0 Å². The number of ether oxygens (including phenoxy) is 1. The largest absolute Gasteiger partial charge is 0.497 e. The van der Waals surface area contributed by atoms with Gasteiger partial charge in [0, 0.05) is 16.6 Å². The highest BCUT2D eigenvalue weighted by atomic mass is 32.1. The van der Waals surface area contributed by atoms with Crippen molar-refractivity contribution in [2.24, 2.45) is 0 Å². The molecule has 0 bridgehead atoms. The van der Waals surface area contributed by atoms with E-state index < -0.39 is 6.04 Å². The van der Waals surface area contributed by atoms with Gasteiger partial charge in [0.2, 0.25) is 11.8 Å². The Morgan fingerprint density at radius 3 is 2.59 bits per heavy atom. The summed E-state index contributed by atoms with van der Waals surface area (Å²) in [5.41, 5.74) is 2.55. The van der Waals surface area contributed by atoms with Crippen LogP contribution in [-0.2, 0) is 22.4 Å². The molecular weight excluding hydrogens is 444 g/mol. The van der Waals surface area contributed by atoms with Gasteiger partial charge in [0.15, 0.2) is 0 Å². The summed E-state index contributed by atoms with van der Waals surface area (Å²) < 4.78 is 5.46. The first-order valence-corrected chi connectivity index (χ1v) is 12.8. The van der Waals surface area contributed by atoms with Crippen molar-refractivity contribution in [3.63, 3.8) is 0 Å². The molecule has 0 aliphatic heterocycles. The fourth-order valence-electron chi connectivity index (χ4n) is 4.69. The van der Waals surface area contributed by atoms with E-state index in [0.717, 1.165) is 53.8 Å². The molecule has 3 aromatic rings. The maximum absolute atomic E-state index is 13.9. The van der Waals surface area contributed by atoms with Crippen LogP contribution in [0.2, 0.25) is 0 Å². The van der Waals surface area contributed by atoms with E-state index in [4.69, 9.17) is 4.74 Å². The van der Waals surface area contributed by atoms with Gasteiger partial charge < -0.3 is 10.1 Å². The van der Waals surface area contributed by atoms with Gasteiger partial charge in [-0.1, -0.05) is 56.2 Å². The number of carbonyl (C=O) groups excluding carboxylic acids is 2. The Balaban J connectivity index is 1.81. The van der Waals surface area contributed by atoms with E-state index in [-0.39, 0.29) is 24.3 Å². The zero-order chi connectivity index (χ0) is 23.9. The molecule has 1 saturated carbocycles. The molecule has 1 N–H and O–H groups in total. The summed E-state index contributed by atoms with van der Waals surface area (Å²) >= 11 is 1.55. The standard InChI is InChI=1S/C28H32N2O3S/c1-3-20-10-4-7-16-25(20)30(26(31)19-24-15-9-17-34-24)27(21-11-8-14-23(18-21)33-2)28(32)29-22-12-5-6-13-22/h4,7-11,14-18,22,27H,3,5-6,12-13,19H2,1-2H3,(H,29,32). The number of amides is 2. The molecule has 178 valence electrons. The Morgan fingerprint density at radius 2 is 1.88 bits per heavy atom. The Hall–Kier alpha value is -3.12. The van der Waals surface area contributed by atoms with Gasteiger partial charge in [-0.3, -0.25) is 14.5 Å². The normalized spacial score (nSPS) is 14.5. The molecule has 2 aromatic carbocycles. The van der Waals surface area contributed by atoms with E-state index in [0.29, 0.717) is 5.75 Å². The van der Waals surface area contributed by atoms with Crippen molar-refractivity contribution in [1.29, 1.82) is 0 Å². The summed E-state index contributed by atoms with van der Waals surface area (Å²) in [6.07, 6.45) is 5.19. The van der Waals surface area contributed by atoms with Gasteiger partial charge in [-0.15, -0.1) is 11.3 Å². The van der Waals surface area contributed by atoms with E-state index in [1.165, 1.54) is 0 Å². The van der Waals surface area contributed by atoms with Crippen molar-refractivity contribution in [3.8, 4) is 5.75 Å². The van der Waals surface area contributed by atoms with Crippen molar-refractivity contribution < 1.29 is 14.3 Å². The summed E-state index contributed by atoms with van der Waals surface area (Å²) in [4.78, 5) is 30.5. The third kappa shape index (κ3) is 5.50. The Kier molecular flexibility index (Phi) is 8.01. The van der Waals surface area contributed by atoms with Crippen LogP contribution in [-0.4, -0.2) is 25.0 Å². The van der Waals surface area contributed by atoms with Crippen LogP contribution in [0.1, 0.15) is 54.7 Å². The van der Waals surface area contributed by atoms with Gasteiger partial charge in [0.25, 0.3) is 0 Å². The molecule has 6 heteroatoms. The van der Waals surface area contributed by atoms with E-state index in [2.05, 4.69) is 12.2 Å². The topological polar surface area (TPSA) is 58.6 Å². The molecule has 1 fully saturated rings. The number of para-hydroxylation sites is 1. The number of methoxy groups -OCH3 is 1. The fraction of sp³-hybridized carbons (Fsp3) is 0.357. The third-order valence-corrected chi connectivity index (χ3v) is 7.30. The van der Waals surface area contributed by atoms with Gasteiger partial charge in [-0.05, 0) is 60.0 Å². The number of benzene rings is 2. The van der Waals surface area contributed by atoms with Crippen molar-refractivity contribution in [2.45, 2.75) is 57.5 Å². The van der Waals surface area contributed by atoms with E-state index in [9.17, 15) is 9.59 Å². The van der Waals surface area contributed by atoms with Gasteiger partial charge in [0.05, 0.1) is 13.5 Å². The van der Waals surface area contributed by atoms with Gasteiger partial charge >= 0.3 is 0 Å². The highest BCUT2D eigenvalue weighted by molar-refractivity contribution is 7.10. The average Bonchev–Trinajstić information content (AvgIpc) is 3.57. The lowest BCUT2D eigenvalue weighted by Gasteiger charge is -2.33. The van der Waals surface area contributed by atoms with Crippen LogP contribution in [0.5, 0.6) is 5.75 Å². The van der Waals surface area contributed by atoms with Gasteiger partial charge in [-0.2, -0.15) is 0 Å². The minimum Gasteiger partial charge on any atom is -0.497 e. The highest BCUT2D eigenvalue weighted by Crippen LogP contribution is 2.34. The van der Waals surface area contributed by atoms with Crippen molar-refractivity contribution in [1.82, 2.24) is 5.32 Å². The zero-order valence-electron chi connectivity index (χ0n) is 19.8. The molecule has 5 nitrogen and oxygen atoms in total. The molecular formula is C28H32N2O3S. The number of thiophene rings is 1. The number of nitrogens with zero attached hydrogens (tertiary/aromatic N) is 1. The Morgan fingerprint density at radius 1 is 1.09 bits per heavy atom. The van der Waals surface area contributed by atoms with Crippen molar-refractivity contribution >= 4 is 28.8 Å². The molecule has 0 spiro atoms. The zero-order valence-corrected chi connectivity index (χ0v) is 20.6. The van der Waals surface area contributed by atoms with E-state index >= 15 is 0 Å². The van der Waals surface area contributed by atoms with E-state index in [1.807, 2.05) is 66.0 Å². The molecule has 2 amide bonds. The second kappa shape index (κ2) is 11.3.